The summed E-state index contributed by atoms with van der Waals surface area (Å²) < 4.78 is 6.23. The molecule has 0 aromatic carbocycles. The summed E-state index contributed by atoms with van der Waals surface area (Å²) in [5.41, 5.74) is 0.245. The maximum atomic E-state index is 6.23. The van der Waals surface area contributed by atoms with Crippen molar-refractivity contribution in [2.45, 2.75) is 76.4 Å². The molecular weight excluding hydrogens is 278 g/mol. The molecule has 0 radical (unpaired) electrons. The van der Waals surface area contributed by atoms with Crippen LogP contribution in [0.2, 0.25) is 0 Å². The van der Waals surface area contributed by atoms with Crippen LogP contribution in [-0.2, 0) is 4.74 Å². The quantitative estimate of drug-likeness (QED) is 0.793. The van der Waals surface area contributed by atoms with E-state index in [0.717, 1.165) is 24.5 Å². The standard InChI is InChI=1S/C18H33NOS/c1-2-9-19-17(12-15-5-3-4-6-15)16-7-10-20-18(13-16)8-11-21-14-18/h15-17,19H,2-14H2,1H3. The molecule has 3 aliphatic rings. The molecule has 1 N–H and O–H groups in total. The van der Waals surface area contributed by atoms with Gasteiger partial charge in [-0.1, -0.05) is 32.6 Å². The van der Waals surface area contributed by atoms with Crippen molar-refractivity contribution >= 4 is 11.8 Å². The summed E-state index contributed by atoms with van der Waals surface area (Å²) in [4.78, 5) is 0. The van der Waals surface area contributed by atoms with E-state index >= 15 is 0 Å². The minimum atomic E-state index is 0.245. The predicted octanol–water partition coefficient (Wildman–Crippen LogP) is 4.24. The topological polar surface area (TPSA) is 21.3 Å². The van der Waals surface area contributed by atoms with Gasteiger partial charge in [0.15, 0.2) is 0 Å². The van der Waals surface area contributed by atoms with E-state index in [0.29, 0.717) is 0 Å². The highest BCUT2D eigenvalue weighted by atomic mass is 32.2. The highest BCUT2D eigenvalue weighted by Crippen LogP contribution is 2.42. The summed E-state index contributed by atoms with van der Waals surface area (Å²) in [6, 6.07) is 0.749. The molecule has 2 aliphatic heterocycles. The molecule has 2 heterocycles. The van der Waals surface area contributed by atoms with Crippen molar-refractivity contribution in [2.24, 2.45) is 11.8 Å². The molecule has 3 rings (SSSR count). The van der Waals surface area contributed by atoms with Crippen molar-refractivity contribution in [1.29, 1.82) is 0 Å². The second kappa shape index (κ2) is 7.70. The third kappa shape index (κ3) is 4.17. The van der Waals surface area contributed by atoms with Gasteiger partial charge in [0, 0.05) is 18.4 Å². The summed E-state index contributed by atoms with van der Waals surface area (Å²) in [7, 11) is 0. The number of nitrogens with one attached hydrogen (secondary N) is 1. The van der Waals surface area contributed by atoms with Crippen molar-refractivity contribution in [3.05, 3.63) is 0 Å². The minimum Gasteiger partial charge on any atom is -0.374 e. The molecule has 2 nitrogen and oxygen atoms in total. The summed E-state index contributed by atoms with van der Waals surface area (Å²) in [6.07, 6.45) is 12.5. The van der Waals surface area contributed by atoms with Gasteiger partial charge in [-0.2, -0.15) is 11.8 Å². The van der Waals surface area contributed by atoms with Crippen LogP contribution in [0.4, 0.5) is 0 Å². The van der Waals surface area contributed by atoms with Crippen LogP contribution in [0.1, 0.15) is 64.7 Å². The lowest BCUT2D eigenvalue weighted by atomic mass is 9.78. The van der Waals surface area contributed by atoms with Gasteiger partial charge in [-0.3, -0.25) is 0 Å². The third-order valence-corrected chi connectivity index (χ3v) is 7.11. The van der Waals surface area contributed by atoms with E-state index in [4.69, 9.17) is 4.74 Å². The fourth-order valence-electron chi connectivity index (χ4n) is 4.65. The molecule has 3 fully saturated rings. The first-order chi connectivity index (χ1) is 10.3. The van der Waals surface area contributed by atoms with Gasteiger partial charge in [-0.25, -0.2) is 0 Å². The Bertz CT molecular complexity index is 310. The van der Waals surface area contributed by atoms with E-state index in [-0.39, 0.29) is 5.60 Å². The Morgan fingerprint density at radius 3 is 2.86 bits per heavy atom. The van der Waals surface area contributed by atoms with Crippen LogP contribution in [0.25, 0.3) is 0 Å². The average Bonchev–Trinajstić information content (AvgIpc) is 3.16. The van der Waals surface area contributed by atoms with Gasteiger partial charge in [-0.05, 0) is 56.2 Å². The Morgan fingerprint density at radius 2 is 2.14 bits per heavy atom. The molecule has 122 valence electrons. The van der Waals surface area contributed by atoms with Crippen LogP contribution >= 0.6 is 11.8 Å². The van der Waals surface area contributed by atoms with Gasteiger partial charge in [0.05, 0.1) is 5.60 Å². The average molecular weight is 312 g/mol. The number of hydrogen-bond acceptors (Lipinski definition) is 3. The monoisotopic (exact) mass is 311 g/mol. The first-order valence-corrected chi connectivity index (χ1v) is 10.4. The first-order valence-electron chi connectivity index (χ1n) is 9.26. The lowest BCUT2D eigenvalue weighted by Gasteiger charge is -2.42. The number of rotatable bonds is 6. The summed E-state index contributed by atoms with van der Waals surface area (Å²) in [5, 5.41) is 3.91. The fraction of sp³-hybridized carbons (Fsp3) is 1.00. The van der Waals surface area contributed by atoms with Crippen molar-refractivity contribution < 1.29 is 4.74 Å². The predicted molar refractivity (Wildman–Crippen MR) is 92.0 cm³/mol. The zero-order valence-electron chi connectivity index (χ0n) is 13.7. The van der Waals surface area contributed by atoms with Gasteiger partial charge >= 0.3 is 0 Å². The van der Waals surface area contributed by atoms with Crippen LogP contribution < -0.4 is 5.32 Å². The van der Waals surface area contributed by atoms with Crippen molar-refractivity contribution in [2.75, 3.05) is 24.7 Å². The third-order valence-electron chi connectivity index (χ3n) is 5.89. The second-order valence-electron chi connectivity index (χ2n) is 7.53. The Hall–Kier alpha value is 0.270. The van der Waals surface area contributed by atoms with Gasteiger partial charge in [-0.15, -0.1) is 0 Å². The zero-order chi connectivity index (χ0) is 14.5. The molecule has 3 atom stereocenters. The smallest absolute Gasteiger partial charge is 0.0783 e. The molecule has 1 saturated carbocycles. The molecule has 1 aliphatic carbocycles. The van der Waals surface area contributed by atoms with Crippen LogP contribution in [0.3, 0.4) is 0 Å². The molecule has 0 bridgehead atoms. The van der Waals surface area contributed by atoms with Crippen molar-refractivity contribution in [3.8, 4) is 0 Å². The van der Waals surface area contributed by atoms with E-state index in [1.165, 1.54) is 75.8 Å². The normalized spacial score (nSPS) is 35.6. The molecular formula is C18H33NOS. The Balaban J connectivity index is 1.60. The second-order valence-corrected chi connectivity index (χ2v) is 8.64. The molecule has 0 amide bonds. The van der Waals surface area contributed by atoms with Crippen LogP contribution in [0, 0.1) is 11.8 Å². The number of ether oxygens (including phenoxy) is 1. The lowest BCUT2D eigenvalue weighted by Crippen LogP contribution is -2.47. The van der Waals surface area contributed by atoms with E-state index in [1.54, 1.807) is 0 Å². The van der Waals surface area contributed by atoms with E-state index < -0.39 is 0 Å². The van der Waals surface area contributed by atoms with E-state index in [2.05, 4.69) is 24.0 Å². The highest BCUT2D eigenvalue weighted by Gasteiger charge is 2.42. The first kappa shape index (κ1) is 16.1. The SMILES string of the molecule is CCCNC(CC1CCCC1)C1CCOC2(CCSC2)C1. The van der Waals surface area contributed by atoms with Gasteiger partial charge in [0.1, 0.15) is 0 Å². The Kier molecular flexibility index (Phi) is 5.92. The van der Waals surface area contributed by atoms with Crippen LogP contribution in [-0.4, -0.2) is 36.3 Å². The van der Waals surface area contributed by atoms with E-state index in [1.807, 2.05) is 0 Å². The van der Waals surface area contributed by atoms with Gasteiger partial charge < -0.3 is 10.1 Å². The van der Waals surface area contributed by atoms with Gasteiger partial charge in [0.2, 0.25) is 0 Å². The maximum absolute atomic E-state index is 6.23. The fourth-order valence-corrected chi connectivity index (χ4v) is 6.03. The molecule has 1 spiro atoms. The highest BCUT2D eigenvalue weighted by molar-refractivity contribution is 7.99. The van der Waals surface area contributed by atoms with Gasteiger partial charge in [0.25, 0.3) is 0 Å². The number of thioether (sulfide) groups is 1. The molecule has 21 heavy (non-hydrogen) atoms. The van der Waals surface area contributed by atoms with E-state index in [9.17, 15) is 0 Å². The van der Waals surface area contributed by atoms with Crippen LogP contribution in [0.15, 0.2) is 0 Å². The Morgan fingerprint density at radius 1 is 1.29 bits per heavy atom. The largest absolute Gasteiger partial charge is 0.374 e. The summed E-state index contributed by atoms with van der Waals surface area (Å²) in [5.74, 6) is 4.40. The molecule has 0 aromatic heterocycles. The molecule has 3 heteroatoms. The Labute approximate surface area is 135 Å². The summed E-state index contributed by atoms with van der Waals surface area (Å²) in [6.45, 7) is 4.48. The minimum absolute atomic E-state index is 0.245. The molecule has 2 saturated heterocycles. The molecule has 0 aromatic rings. The van der Waals surface area contributed by atoms with Crippen molar-refractivity contribution in [1.82, 2.24) is 5.32 Å². The summed E-state index contributed by atoms with van der Waals surface area (Å²) >= 11 is 2.10. The number of hydrogen-bond donors (Lipinski definition) is 1. The van der Waals surface area contributed by atoms with Crippen molar-refractivity contribution in [3.63, 3.8) is 0 Å². The lowest BCUT2D eigenvalue weighted by molar-refractivity contribution is -0.0861. The zero-order valence-corrected chi connectivity index (χ0v) is 14.6. The maximum Gasteiger partial charge on any atom is 0.0783 e. The van der Waals surface area contributed by atoms with Crippen LogP contribution in [0.5, 0.6) is 0 Å². The molecule has 3 unspecified atom stereocenters.